The number of carbonyl (C=O) groups is 2. The molecule has 0 radical (unpaired) electrons. The molecule has 2 atom stereocenters. The van der Waals surface area contributed by atoms with Gasteiger partial charge in [0.1, 0.15) is 6.54 Å². The molecule has 0 bridgehead atoms. The normalized spacial score (nSPS) is 14.0. The van der Waals surface area contributed by atoms with Gasteiger partial charge in [-0.25, -0.2) is 0 Å². The van der Waals surface area contributed by atoms with E-state index in [2.05, 4.69) is 12.6 Å². The minimum absolute atomic E-state index is 0. The molecule has 0 fully saturated rings. The Labute approximate surface area is 146 Å². The summed E-state index contributed by atoms with van der Waals surface area (Å²) in [6.45, 7) is 6.75. The highest BCUT2D eigenvalue weighted by molar-refractivity contribution is 7.81. The first-order chi connectivity index (χ1) is 9.55. The fourth-order valence-corrected chi connectivity index (χ4v) is 1.73. The quantitative estimate of drug-likeness (QED) is 0.324. The number of likely N-dealkylation sites (N-methyl/N-ethyl adjacent to an activating group) is 1. The van der Waals surface area contributed by atoms with E-state index in [1.54, 1.807) is 0 Å². The van der Waals surface area contributed by atoms with Gasteiger partial charge < -0.3 is 26.4 Å². The Bertz CT molecular complexity index is 345. The number of esters is 2. The van der Waals surface area contributed by atoms with E-state index in [1.165, 1.54) is 0 Å². The minimum atomic E-state index is -0.488. The van der Waals surface area contributed by atoms with Crippen LogP contribution in [0.3, 0.4) is 0 Å². The standard InChI is InChI=1S/C15H29NO4S.ClH/c1-7-13(21)15(18)20-12(9-16(4,5)6)8-14(17)19-10-11(2)3;/h11-13H,7-10H2,1-6H3;1H/t12?,13-;/m1./s1. The molecule has 22 heavy (non-hydrogen) atoms. The predicted octanol–water partition coefficient (Wildman–Crippen LogP) is -1.09. The smallest absolute Gasteiger partial charge is 0.319 e. The molecule has 0 saturated heterocycles. The number of halogens is 1. The second-order valence-corrected chi connectivity index (χ2v) is 7.36. The summed E-state index contributed by atoms with van der Waals surface area (Å²) in [4.78, 5) is 23.7. The van der Waals surface area contributed by atoms with Crippen LogP contribution >= 0.6 is 12.6 Å². The van der Waals surface area contributed by atoms with Crippen molar-refractivity contribution in [1.82, 2.24) is 0 Å². The highest BCUT2D eigenvalue weighted by atomic mass is 35.5. The van der Waals surface area contributed by atoms with Crippen LogP contribution in [0.15, 0.2) is 0 Å². The van der Waals surface area contributed by atoms with E-state index in [4.69, 9.17) is 9.47 Å². The largest absolute Gasteiger partial charge is 1.00 e. The summed E-state index contributed by atoms with van der Waals surface area (Å²) < 4.78 is 11.2. The van der Waals surface area contributed by atoms with E-state index in [9.17, 15) is 9.59 Å². The summed E-state index contributed by atoms with van der Waals surface area (Å²) in [6, 6.07) is 0. The average Bonchev–Trinajstić information content (AvgIpc) is 2.33. The molecular weight excluding hydrogens is 326 g/mol. The van der Waals surface area contributed by atoms with E-state index in [0.717, 1.165) is 0 Å². The van der Waals surface area contributed by atoms with Crippen LogP contribution < -0.4 is 12.4 Å². The third-order valence-electron chi connectivity index (χ3n) is 2.66. The Morgan fingerprint density at radius 2 is 1.73 bits per heavy atom. The number of quaternary nitrogens is 1. The maximum absolute atomic E-state index is 11.9. The van der Waals surface area contributed by atoms with Gasteiger partial charge in [-0.05, 0) is 12.3 Å². The van der Waals surface area contributed by atoms with Gasteiger partial charge in [0.15, 0.2) is 6.10 Å². The zero-order chi connectivity index (χ0) is 16.6. The Kier molecular flexibility index (Phi) is 12.0. The number of hydrogen-bond donors (Lipinski definition) is 1. The molecule has 0 aromatic rings. The van der Waals surface area contributed by atoms with Crippen molar-refractivity contribution >= 4 is 24.6 Å². The van der Waals surface area contributed by atoms with E-state index in [1.807, 2.05) is 41.9 Å². The summed E-state index contributed by atoms with van der Waals surface area (Å²) in [6.07, 6.45) is 0.188. The molecule has 0 aromatic heterocycles. The molecule has 0 aliphatic rings. The minimum Gasteiger partial charge on any atom is -1.00 e. The van der Waals surface area contributed by atoms with Crippen molar-refractivity contribution in [2.45, 2.75) is 45.0 Å². The summed E-state index contributed by atoms with van der Waals surface area (Å²) in [5.41, 5.74) is 0. The van der Waals surface area contributed by atoms with Crippen molar-refractivity contribution in [2.24, 2.45) is 5.92 Å². The van der Waals surface area contributed by atoms with Gasteiger partial charge in [-0.3, -0.25) is 9.59 Å². The first-order valence-corrected chi connectivity index (χ1v) is 7.91. The molecule has 1 unspecified atom stereocenters. The lowest BCUT2D eigenvalue weighted by atomic mass is 10.2. The lowest BCUT2D eigenvalue weighted by Crippen LogP contribution is -3.00. The average molecular weight is 356 g/mol. The molecule has 0 aromatic carbocycles. The lowest BCUT2D eigenvalue weighted by molar-refractivity contribution is -0.873. The van der Waals surface area contributed by atoms with E-state index >= 15 is 0 Å². The molecule has 132 valence electrons. The van der Waals surface area contributed by atoms with Gasteiger partial charge in [0.2, 0.25) is 0 Å². The highest BCUT2D eigenvalue weighted by Crippen LogP contribution is 2.11. The third kappa shape index (κ3) is 12.1. The summed E-state index contributed by atoms with van der Waals surface area (Å²) >= 11 is 4.17. The Morgan fingerprint density at radius 1 is 1.18 bits per heavy atom. The highest BCUT2D eigenvalue weighted by Gasteiger charge is 2.27. The summed E-state index contributed by atoms with van der Waals surface area (Å²) in [5, 5.41) is -0.452. The van der Waals surface area contributed by atoms with Crippen LogP contribution in [0, 0.1) is 5.92 Å². The Morgan fingerprint density at radius 3 is 2.14 bits per heavy atom. The second-order valence-electron chi connectivity index (χ2n) is 6.74. The van der Waals surface area contributed by atoms with Gasteiger partial charge in [0, 0.05) is 0 Å². The maximum Gasteiger partial charge on any atom is 0.319 e. The predicted molar refractivity (Wildman–Crippen MR) is 86.3 cm³/mol. The van der Waals surface area contributed by atoms with Crippen LogP contribution in [0.4, 0.5) is 0 Å². The third-order valence-corrected chi connectivity index (χ3v) is 3.24. The van der Waals surface area contributed by atoms with Gasteiger partial charge >= 0.3 is 11.9 Å². The van der Waals surface area contributed by atoms with Crippen molar-refractivity contribution in [1.29, 1.82) is 0 Å². The SMILES string of the molecule is CC[C@@H](S)C(=O)OC(CC(=O)OCC(C)C)C[N+](C)(C)C.[Cl-]. The van der Waals surface area contributed by atoms with Crippen LogP contribution in [-0.2, 0) is 19.1 Å². The molecule has 5 nitrogen and oxygen atoms in total. The molecule has 7 heteroatoms. The van der Waals surface area contributed by atoms with Gasteiger partial charge in [0.25, 0.3) is 0 Å². The van der Waals surface area contributed by atoms with E-state index in [-0.39, 0.29) is 36.7 Å². The van der Waals surface area contributed by atoms with Crippen molar-refractivity contribution < 1.29 is 36.0 Å². The molecule has 0 aliphatic heterocycles. The van der Waals surface area contributed by atoms with Crippen LogP contribution in [0.1, 0.15) is 33.6 Å². The zero-order valence-electron chi connectivity index (χ0n) is 14.5. The van der Waals surface area contributed by atoms with Crippen LogP contribution in [-0.4, -0.2) is 62.1 Å². The van der Waals surface area contributed by atoms with Gasteiger partial charge in [-0.1, -0.05) is 20.8 Å². The molecule has 0 N–H and O–H groups in total. The van der Waals surface area contributed by atoms with Gasteiger partial charge in [-0.15, -0.1) is 0 Å². The Balaban J connectivity index is 0. The fraction of sp³-hybridized carbons (Fsp3) is 0.867. The molecule has 0 aliphatic carbocycles. The lowest BCUT2D eigenvalue weighted by Gasteiger charge is -2.29. The molecule has 0 spiro atoms. The van der Waals surface area contributed by atoms with Crippen molar-refractivity contribution in [2.75, 3.05) is 34.3 Å². The molecule has 0 rings (SSSR count). The monoisotopic (exact) mass is 355 g/mol. The number of hydrogen-bond acceptors (Lipinski definition) is 5. The van der Waals surface area contributed by atoms with Crippen LogP contribution in [0.25, 0.3) is 0 Å². The number of ether oxygens (including phenoxy) is 2. The van der Waals surface area contributed by atoms with E-state index in [0.29, 0.717) is 24.1 Å². The Hall–Kier alpha value is -0.460. The molecule has 0 amide bonds. The maximum atomic E-state index is 11.9. The van der Waals surface area contributed by atoms with Crippen molar-refractivity contribution in [3.8, 4) is 0 Å². The van der Waals surface area contributed by atoms with Gasteiger partial charge in [0.05, 0.1) is 39.4 Å². The zero-order valence-corrected chi connectivity index (χ0v) is 16.1. The van der Waals surface area contributed by atoms with E-state index < -0.39 is 11.4 Å². The second kappa shape index (κ2) is 11.1. The van der Waals surface area contributed by atoms with Gasteiger partial charge in [-0.2, -0.15) is 12.6 Å². The first-order valence-electron chi connectivity index (χ1n) is 7.39. The molecular formula is C15H30ClNO4S. The van der Waals surface area contributed by atoms with Crippen LogP contribution in [0.5, 0.6) is 0 Å². The first kappa shape index (κ1) is 23.8. The topological polar surface area (TPSA) is 52.6 Å². The summed E-state index contributed by atoms with van der Waals surface area (Å²) in [7, 11) is 5.95. The fourth-order valence-electron chi connectivity index (χ4n) is 1.67. The summed E-state index contributed by atoms with van der Waals surface area (Å²) in [5.74, 6) is -0.423. The number of thiol groups is 1. The van der Waals surface area contributed by atoms with Crippen molar-refractivity contribution in [3.05, 3.63) is 0 Å². The number of carbonyl (C=O) groups excluding carboxylic acids is 2. The van der Waals surface area contributed by atoms with Crippen molar-refractivity contribution in [3.63, 3.8) is 0 Å². The molecule has 0 saturated carbocycles. The number of rotatable bonds is 9. The molecule has 0 heterocycles. The van der Waals surface area contributed by atoms with Crippen LogP contribution in [0.2, 0.25) is 0 Å². The number of nitrogens with zero attached hydrogens (tertiary/aromatic N) is 1.